The minimum atomic E-state index is -0.543. The molecule has 5 heterocycles. The molecule has 2 N–H and O–H groups in total. The molecule has 0 saturated carbocycles. The lowest BCUT2D eigenvalue weighted by Crippen LogP contribution is -2.49. The standard InChI is InChI=1S/C30H47N9O3/c1-21-17-26(35-34-21)32-25-19-27(37-15-13-36(5)14-16-37)33-24(31-25)18-22-8-11-38(12-9-22)28(40)23-7-6-10-39(20-23)29(41)42-30(2,3)4/h17,19,22-23H,6-16,18,20H2,1-5H3,(H2,31,32,33,34,35)/t23-/m1/s1. The summed E-state index contributed by atoms with van der Waals surface area (Å²) in [6, 6.07) is 3.98. The van der Waals surface area contributed by atoms with Gasteiger partial charge in [0.2, 0.25) is 5.91 Å². The average molecular weight is 582 g/mol. The number of H-pyrrole nitrogens is 1. The lowest BCUT2D eigenvalue weighted by atomic mass is 9.91. The monoisotopic (exact) mass is 581 g/mol. The molecule has 3 aliphatic heterocycles. The van der Waals surface area contributed by atoms with Crippen molar-refractivity contribution in [3.05, 3.63) is 23.7 Å². The zero-order valence-corrected chi connectivity index (χ0v) is 25.9. The summed E-state index contributed by atoms with van der Waals surface area (Å²) in [6.45, 7) is 14.0. The molecule has 2 aromatic rings. The van der Waals surface area contributed by atoms with Crippen LogP contribution in [0.1, 0.15) is 58.0 Å². The topological polar surface area (TPSA) is 123 Å². The zero-order chi connectivity index (χ0) is 29.9. The maximum Gasteiger partial charge on any atom is 0.410 e. The van der Waals surface area contributed by atoms with E-state index in [9.17, 15) is 9.59 Å². The number of aromatic nitrogens is 4. The Morgan fingerprint density at radius 2 is 1.71 bits per heavy atom. The van der Waals surface area contributed by atoms with Gasteiger partial charge in [0.1, 0.15) is 23.1 Å². The number of rotatable bonds is 6. The highest BCUT2D eigenvalue weighted by molar-refractivity contribution is 5.80. The van der Waals surface area contributed by atoms with Crippen LogP contribution < -0.4 is 10.2 Å². The first-order chi connectivity index (χ1) is 20.0. The molecule has 1 atom stereocenters. The number of nitrogens with one attached hydrogen (secondary N) is 2. The molecular formula is C30H47N9O3. The number of nitrogens with zero attached hydrogens (tertiary/aromatic N) is 7. The van der Waals surface area contributed by atoms with Gasteiger partial charge < -0.3 is 29.7 Å². The predicted octanol–water partition coefficient (Wildman–Crippen LogP) is 3.43. The van der Waals surface area contributed by atoms with Crippen molar-refractivity contribution in [2.45, 2.75) is 65.4 Å². The summed E-state index contributed by atoms with van der Waals surface area (Å²) in [6.07, 6.45) is 3.91. The summed E-state index contributed by atoms with van der Waals surface area (Å²) in [4.78, 5) is 44.3. The molecule has 12 heteroatoms. The third kappa shape index (κ3) is 7.90. The van der Waals surface area contributed by atoms with Crippen LogP contribution in [0.3, 0.4) is 0 Å². The Balaban J connectivity index is 1.19. The highest BCUT2D eigenvalue weighted by atomic mass is 16.6. The van der Waals surface area contributed by atoms with Crippen LogP contribution in [-0.2, 0) is 16.0 Å². The second kappa shape index (κ2) is 12.8. The van der Waals surface area contributed by atoms with Gasteiger partial charge in [0.05, 0.1) is 5.92 Å². The minimum absolute atomic E-state index is 0.161. The fourth-order valence-corrected chi connectivity index (χ4v) is 5.99. The van der Waals surface area contributed by atoms with Crippen molar-refractivity contribution >= 4 is 29.5 Å². The first kappa shape index (κ1) is 30.1. The summed E-state index contributed by atoms with van der Waals surface area (Å²) >= 11 is 0. The third-order valence-corrected chi connectivity index (χ3v) is 8.37. The largest absolute Gasteiger partial charge is 0.444 e. The van der Waals surface area contributed by atoms with Gasteiger partial charge in [0.25, 0.3) is 0 Å². The van der Waals surface area contributed by atoms with Crippen molar-refractivity contribution in [1.29, 1.82) is 0 Å². The number of hydrogen-bond acceptors (Lipinski definition) is 9. The lowest BCUT2D eigenvalue weighted by Gasteiger charge is -2.38. The molecule has 230 valence electrons. The van der Waals surface area contributed by atoms with E-state index in [1.807, 2.05) is 44.7 Å². The third-order valence-electron chi connectivity index (χ3n) is 8.37. The van der Waals surface area contributed by atoms with Crippen molar-refractivity contribution < 1.29 is 14.3 Å². The molecule has 5 rings (SSSR count). The maximum absolute atomic E-state index is 13.4. The Hall–Kier alpha value is -3.41. The summed E-state index contributed by atoms with van der Waals surface area (Å²) in [5.74, 6) is 3.66. The molecule has 12 nitrogen and oxygen atoms in total. The molecular weight excluding hydrogens is 534 g/mol. The van der Waals surface area contributed by atoms with E-state index < -0.39 is 5.60 Å². The Labute approximate surface area is 249 Å². The summed E-state index contributed by atoms with van der Waals surface area (Å²) in [5.41, 5.74) is 0.441. The van der Waals surface area contributed by atoms with Crippen molar-refractivity contribution in [1.82, 2.24) is 34.9 Å². The van der Waals surface area contributed by atoms with Crippen molar-refractivity contribution in [2.75, 3.05) is 69.6 Å². The van der Waals surface area contributed by atoms with Crippen LogP contribution in [0.2, 0.25) is 0 Å². The first-order valence-electron chi connectivity index (χ1n) is 15.4. The predicted molar refractivity (Wildman–Crippen MR) is 162 cm³/mol. The van der Waals surface area contributed by atoms with Crippen molar-refractivity contribution in [3.8, 4) is 0 Å². The zero-order valence-electron chi connectivity index (χ0n) is 25.9. The normalized spacial score (nSPS) is 21.0. The molecule has 0 unspecified atom stereocenters. The Morgan fingerprint density at radius 3 is 2.38 bits per heavy atom. The second-order valence-corrected chi connectivity index (χ2v) is 13.1. The van der Waals surface area contributed by atoms with Crippen molar-refractivity contribution in [2.24, 2.45) is 11.8 Å². The van der Waals surface area contributed by atoms with E-state index in [1.54, 1.807) is 4.90 Å². The number of anilines is 3. The van der Waals surface area contributed by atoms with Crippen LogP contribution in [0.4, 0.5) is 22.2 Å². The van der Waals surface area contributed by atoms with Crippen LogP contribution in [-0.4, -0.2) is 112 Å². The smallest absolute Gasteiger partial charge is 0.410 e. The number of likely N-dealkylation sites (tertiary alicyclic amines) is 2. The maximum atomic E-state index is 13.4. The SMILES string of the molecule is Cc1cc(Nc2cc(N3CCN(C)CC3)nc(CC3CCN(C(=O)[C@@H]4CCCN(C(=O)OC(C)(C)C)C4)CC3)n2)n[nH]1. The van der Waals surface area contributed by atoms with Gasteiger partial charge in [-0.05, 0) is 66.3 Å². The number of carbonyl (C=O) groups excluding carboxylic acids is 2. The molecule has 42 heavy (non-hydrogen) atoms. The number of hydrogen-bond donors (Lipinski definition) is 2. The van der Waals surface area contributed by atoms with Crippen LogP contribution in [0.25, 0.3) is 0 Å². The van der Waals surface area contributed by atoms with Gasteiger partial charge in [-0.1, -0.05) is 0 Å². The fourth-order valence-electron chi connectivity index (χ4n) is 5.99. The molecule has 0 aromatic carbocycles. The van der Waals surface area contributed by atoms with Gasteiger partial charge in [-0.15, -0.1) is 0 Å². The van der Waals surface area contributed by atoms with Gasteiger partial charge in [0.15, 0.2) is 5.82 Å². The van der Waals surface area contributed by atoms with E-state index in [0.717, 1.165) is 100 Å². The number of carbonyl (C=O) groups is 2. The molecule has 0 bridgehead atoms. The molecule has 2 amide bonds. The van der Waals surface area contributed by atoms with Gasteiger partial charge in [0, 0.05) is 76.6 Å². The van der Waals surface area contributed by atoms with Crippen LogP contribution in [0.5, 0.6) is 0 Å². The number of aryl methyl sites for hydroxylation is 1. The molecule has 0 radical (unpaired) electrons. The fraction of sp³-hybridized carbons (Fsp3) is 0.700. The Bertz CT molecular complexity index is 1230. The summed E-state index contributed by atoms with van der Waals surface area (Å²) in [7, 11) is 2.15. The molecule has 0 aliphatic carbocycles. The highest BCUT2D eigenvalue weighted by Gasteiger charge is 2.34. The van der Waals surface area contributed by atoms with Crippen molar-refractivity contribution in [3.63, 3.8) is 0 Å². The number of ether oxygens (including phenoxy) is 1. The van der Waals surface area contributed by atoms with E-state index in [1.165, 1.54) is 0 Å². The number of aromatic amines is 1. The number of likely N-dealkylation sites (N-methyl/N-ethyl adjacent to an activating group) is 1. The molecule has 3 aliphatic rings. The second-order valence-electron chi connectivity index (χ2n) is 13.1. The molecule has 0 spiro atoms. The van der Waals surface area contributed by atoms with E-state index in [-0.39, 0.29) is 17.9 Å². The molecule has 3 saturated heterocycles. The Morgan fingerprint density at radius 1 is 0.976 bits per heavy atom. The van der Waals surface area contributed by atoms with Gasteiger partial charge in [-0.3, -0.25) is 9.89 Å². The number of amides is 2. The minimum Gasteiger partial charge on any atom is -0.444 e. The van der Waals surface area contributed by atoms with Crippen LogP contribution in [0.15, 0.2) is 12.1 Å². The van der Waals surface area contributed by atoms with Gasteiger partial charge in [-0.2, -0.15) is 5.10 Å². The van der Waals surface area contributed by atoms with E-state index >= 15 is 0 Å². The summed E-state index contributed by atoms with van der Waals surface area (Å²) in [5, 5.41) is 10.6. The van der Waals surface area contributed by atoms with Crippen LogP contribution >= 0.6 is 0 Å². The highest BCUT2D eigenvalue weighted by Crippen LogP contribution is 2.27. The number of piperazine rings is 1. The van der Waals surface area contributed by atoms with Gasteiger partial charge in [-0.25, -0.2) is 14.8 Å². The Kier molecular flexibility index (Phi) is 9.19. The quantitative estimate of drug-likeness (QED) is 0.528. The first-order valence-corrected chi connectivity index (χ1v) is 15.4. The van der Waals surface area contributed by atoms with E-state index in [4.69, 9.17) is 14.7 Å². The summed E-state index contributed by atoms with van der Waals surface area (Å²) < 4.78 is 5.55. The van der Waals surface area contributed by atoms with Crippen LogP contribution in [0, 0.1) is 18.8 Å². The average Bonchev–Trinajstić information content (AvgIpc) is 3.36. The molecule has 3 fully saturated rings. The van der Waals surface area contributed by atoms with E-state index in [2.05, 4.69) is 32.4 Å². The van der Waals surface area contributed by atoms with E-state index in [0.29, 0.717) is 19.0 Å². The lowest BCUT2D eigenvalue weighted by molar-refractivity contribution is -0.138. The van der Waals surface area contributed by atoms with Gasteiger partial charge >= 0.3 is 6.09 Å². The molecule has 2 aromatic heterocycles. The number of piperidine rings is 2.